The predicted octanol–water partition coefficient (Wildman–Crippen LogP) is -0.0722. The number of likely N-dealkylation sites (N-methyl/N-ethyl adjacent to an activating group) is 1. The van der Waals surface area contributed by atoms with Gasteiger partial charge in [0.1, 0.15) is 0 Å². The van der Waals surface area contributed by atoms with E-state index in [1.807, 2.05) is 12.5 Å². The van der Waals surface area contributed by atoms with Crippen LogP contribution in [0.15, 0.2) is 0 Å². The molecule has 1 aromatic heterocycles. The summed E-state index contributed by atoms with van der Waals surface area (Å²) in [6.07, 6.45) is -4.63. The van der Waals surface area contributed by atoms with E-state index < -0.39 is 12.0 Å². The molecule has 0 unspecified atom stereocenters. The summed E-state index contributed by atoms with van der Waals surface area (Å²) in [4.78, 5) is 14.3. The number of hydrazine groups is 1. The molecule has 0 radical (unpaired) electrons. The molecule has 2 rings (SSSR count). The summed E-state index contributed by atoms with van der Waals surface area (Å²) >= 11 is 0. The molecule has 106 valence electrons. The maximum atomic E-state index is 12.7. The van der Waals surface area contributed by atoms with Crippen molar-refractivity contribution in [3.8, 4) is 0 Å². The van der Waals surface area contributed by atoms with Gasteiger partial charge in [0.25, 0.3) is 0 Å². The SMILES string of the molecule is CN1CCN(c2nc(NN)nc(C(F)(F)F)n2)CC1. The Morgan fingerprint density at radius 1 is 1.11 bits per heavy atom. The summed E-state index contributed by atoms with van der Waals surface area (Å²) in [6.45, 7) is 2.58. The van der Waals surface area contributed by atoms with E-state index in [1.165, 1.54) is 0 Å². The largest absolute Gasteiger partial charge is 0.451 e. The maximum Gasteiger partial charge on any atom is 0.451 e. The number of halogens is 3. The molecular formula is C9H14F3N7. The molecule has 0 spiro atoms. The lowest BCUT2D eigenvalue weighted by Crippen LogP contribution is -2.45. The Bertz CT molecular complexity index is 442. The van der Waals surface area contributed by atoms with Crippen LogP contribution in [0.25, 0.3) is 0 Å². The molecule has 1 aromatic rings. The summed E-state index contributed by atoms with van der Waals surface area (Å²) in [5, 5.41) is 0. The number of hydrogen-bond acceptors (Lipinski definition) is 7. The Kier molecular flexibility index (Phi) is 3.71. The van der Waals surface area contributed by atoms with Crippen LogP contribution >= 0.6 is 0 Å². The van der Waals surface area contributed by atoms with E-state index in [0.29, 0.717) is 13.1 Å². The minimum Gasteiger partial charge on any atom is -0.338 e. The molecule has 0 saturated carbocycles. The van der Waals surface area contributed by atoms with Crippen molar-refractivity contribution in [1.29, 1.82) is 0 Å². The molecule has 10 heteroatoms. The second-order valence-electron chi connectivity index (χ2n) is 4.22. The van der Waals surface area contributed by atoms with Crippen LogP contribution in [0.3, 0.4) is 0 Å². The van der Waals surface area contributed by atoms with Gasteiger partial charge in [-0.3, -0.25) is 5.43 Å². The highest BCUT2D eigenvalue weighted by Gasteiger charge is 2.36. The lowest BCUT2D eigenvalue weighted by atomic mass is 10.3. The van der Waals surface area contributed by atoms with Crippen LogP contribution in [-0.4, -0.2) is 53.1 Å². The summed E-state index contributed by atoms with van der Waals surface area (Å²) in [5.41, 5.74) is 2.03. The van der Waals surface area contributed by atoms with Crippen LogP contribution in [-0.2, 0) is 6.18 Å². The predicted molar refractivity (Wildman–Crippen MR) is 62.3 cm³/mol. The van der Waals surface area contributed by atoms with Gasteiger partial charge in [0, 0.05) is 26.2 Å². The molecule has 0 bridgehead atoms. The number of piperazine rings is 1. The van der Waals surface area contributed by atoms with Crippen LogP contribution in [0.5, 0.6) is 0 Å². The monoisotopic (exact) mass is 277 g/mol. The number of nitrogens with two attached hydrogens (primary N) is 1. The zero-order valence-electron chi connectivity index (χ0n) is 10.3. The Morgan fingerprint density at radius 2 is 1.74 bits per heavy atom. The average Bonchev–Trinajstić information content (AvgIpc) is 2.38. The van der Waals surface area contributed by atoms with E-state index in [9.17, 15) is 13.2 Å². The third-order valence-electron chi connectivity index (χ3n) is 2.79. The van der Waals surface area contributed by atoms with Crippen LogP contribution in [0.2, 0.25) is 0 Å². The topological polar surface area (TPSA) is 83.2 Å². The number of aromatic nitrogens is 3. The number of nitrogens with zero attached hydrogens (tertiary/aromatic N) is 5. The molecule has 0 aliphatic carbocycles. The highest BCUT2D eigenvalue weighted by atomic mass is 19.4. The number of anilines is 2. The highest BCUT2D eigenvalue weighted by Crippen LogP contribution is 2.27. The first-order valence-corrected chi connectivity index (χ1v) is 5.63. The Hall–Kier alpha value is -1.68. The van der Waals surface area contributed by atoms with Crippen molar-refractivity contribution in [1.82, 2.24) is 19.9 Å². The Balaban J connectivity index is 2.29. The van der Waals surface area contributed by atoms with E-state index in [4.69, 9.17) is 5.84 Å². The smallest absolute Gasteiger partial charge is 0.338 e. The molecule has 0 aromatic carbocycles. The lowest BCUT2D eigenvalue weighted by molar-refractivity contribution is -0.144. The van der Waals surface area contributed by atoms with Crippen molar-refractivity contribution in [3.05, 3.63) is 5.82 Å². The number of hydrogen-bond donors (Lipinski definition) is 2. The normalized spacial score (nSPS) is 17.6. The molecule has 0 amide bonds. The van der Waals surface area contributed by atoms with Crippen molar-refractivity contribution in [2.24, 2.45) is 5.84 Å². The molecule has 1 aliphatic rings. The van der Waals surface area contributed by atoms with Crippen molar-refractivity contribution >= 4 is 11.9 Å². The maximum absolute atomic E-state index is 12.7. The van der Waals surface area contributed by atoms with Gasteiger partial charge in [0.05, 0.1) is 0 Å². The van der Waals surface area contributed by atoms with Gasteiger partial charge in [-0.1, -0.05) is 0 Å². The summed E-state index contributed by atoms with van der Waals surface area (Å²) in [6, 6.07) is 0. The fourth-order valence-corrected chi connectivity index (χ4v) is 1.70. The van der Waals surface area contributed by atoms with Crippen molar-refractivity contribution in [2.45, 2.75) is 6.18 Å². The number of alkyl halides is 3. The molecule has 2 heterocycles. The van der Waals surface area contributed by atoms with Crippen molar-refractivity contribution in [2.75, 3.05) is 43.6 Å². The quantitative estimate of drug-likeness (QED) is 0.578. The van der Waals surface area contributed by atoms with E-state index >= 15 is 0 Å². The van der Waals surface area contributed by atoms with E-state index in [0.717, 1.165) is 13.1 Å². The van der Waals surface area contributed by atoms with Gasteiger partial charge >= 0.3 is 6.18 Å². The molecule has 1 aliphatic heterocycles. The number of nitrogens with one attached hydrogen (secondary N) is 1. The van der Waals surface area contributed by atoms with E-state index in [2.05, 4.69) is 19.9 Å². The first kappa shape index (κ1) is 13.7. The molecule has 0 atom stereocenters. The average molecular weight is 277 g/mol. The zero-order valence-corrected chi connectivity index (χ0v) is 10.3. The summed E-state index contributed by atoms with van der Waals surface area (Å²) < 4.78 is 38.0. The molecular weight excluding hydrogens is 263 g/mol. The van der Waals surface area contributed by atoms with E-state index in [-0.39, 0.29) is 11.9 Å². The molecule has 1 saturated heterocycles. The lowest BCUT2D eigenvalue weighted by Gasteiger charge is -2.32. The van der Waals surface area contributed by atoms with Gasteiger partial charge in [-0.2, -0.15) is 28.1 Å². The second kappa shape index (κ2) is 5.13. The highest BCUT2D eigenvalue weighted by molar-refractivity contribution is 5.37. The van der Waals surface area contributed by atoms with Gasteiger partial charge in [-0.15, -0.1) is 0 Å². The van der Waals surface area contributed by atoms with Gasteiger partial charge in [0.2, 0.25) is 17.7 Å². The minimum atomic E-state index is -4.63. The Labute approximate surface area is 107 Å². The van der Waals surface area contributed by atoms with Crippen LogP contribution in [0, 0.1) is 0 Å². The number of nitrogen functional groups attached to an aromatic ring is 1. The fraction of sp³-hybridized carbons (Fsp3) is 0.667. The summed E-state index contributed by atoms with van der Waals surface area (Å²) in [7, 11) is 1.94. The zero-order chi connectivity index (χ0) is 14.0. The molecule has 19 heavy (non-hydrogen) atoms. The van der Waals surface area contributed by atoms with Gasteiger partial charge in [-0.25, -0.2) is 5.84 Å². The third kappa shape index (κ3) is 3.20. The van der Waals surface area contributed by atoms with Gasteiger partial charge in [0.15, 0.2) is 0 Å². The third-order valence-corrected chi connectivity index (χ3v) is 2.79. The molecule has 3 N–H and O–H groups in total. The van der Waals surface area contributed by atoms with Crippen LogP contribution in [0.4, 0.5) is 25.1 Å². The fourth-order valence-electron chi connectivity index (χ4n) is 1.70. The molecule has 7 nitrogen and oxygen atoms in total. The van der Waals surface area contributed by atoms with Gasteiger partial charge in [-0.05, 0) is 7.05 Å². The Morgan fingerprint density at radius 3 is 2.26 bits per heavy atom. The number of rotatable bonds is 2. The first-order chi connectivity index (χ1) is 8.90. The van der Waals surface area contributed by atoms with Crippen molar-refractivity contribution < 1.29 is 13.2 Å². The van der Waals surface area contributed by atoms with Crippen molar-refractivity contribution in [3.63, 3.8) is 0 Å². The first-order valence-electron chi connectivity index (χ1n) is 5.63. The van der Waals surface area contributed by atoms with Gasteiger partial charge < -0.3 is 9.80 Å². The standard InChI is InChI=1S/C9H14F3N7/c1-18-2-4-19(5-3-18)8-15-6(9(10,11)12)14-7(16-8)17-13/h2-5,13H2,1H3,(H,14,15,16,17). The van der Waals surface area contributed by atoms with Crippen LogP contribution < -0.4 is 16.2 Å². The summed E-state index contributed by atoms with van der Waals surface area (Å²) in [5.74, 6) is 3.53. The second-order valence-corrected chi connectivity index (χ2v) is 4.22. The molecule has 1 fully saturated rings. The minimum absolute atomic E-state index is 0.0108. The van der Waals surface area contributed by atoms with E-state index in [1.54, 1.807) is 4.90 Å². The van der Waals surface area contributed by atoms with Crippen LogP contribution in [0.1, 0.15) is 5.82 Å².